The van der Waals surface area contributed by atoms with Gasteiger partial charge in [0, 0.05) is 12.3 Å². The molecule has 0 bridgehead atoms. The second-order valence-corrected chi connectivity index (χ2v) is 4.49. The van der Waals surface area contributed by atoms with E-state index in [4.69, 9.17) is 4.74 Å². The molecule has 18 heavy (non-hydrogen) atoms. The summed E-state index contributed by atoms with van der Waals surface area (Å²) in [6.07, 6.45) is 2.88. The van der Waals surface area contributed by atoms with E-state index in [0.29, 0.717) is 18.2 Å². The number of rotatable bonds is 3. The molecule has 2 rings (SSSR count). The Hall–Kier alpha value is -1.79. The maximum absolute atomic E-state index is 9.31. The van der Waals surface area contributed by atoms with Gasteiger partial charge in [0.25, 0.3) is 0 Å². The number of benzene rings is 1. The Morgan fingerprint density at radius 1 is 1.39 bits per heavy atom. The molecule has 0 aliphatic carbocycles. The largest absolute Gasteiger partial charge is 0.358 e. The molecule has 1 heterocycles. The molecule has 0 aromatic heterocycles. The lowest BCUT2D eigenvalue weighted by molar-refractivity contribution is 0.0490. The number of hydrogen-bond donors (Lipinski definition) is 0. The minimum atomic E-state index is -0.0490. The van der Waals surface area contributed by atoms with E-state index in [-0.39, 0.29) is 6.23 Å². The molecular weight excluding hydrogens is 224 g/mol. The van der Waals surface area contributed by atoms with Gasteiger partial charge in [0.2, 0.25) is 0 Å². The first-order chi connectivity index (χ1) is 8.76. The van der Waals surface area contributed by atoms with Crippen molar-refractivity contribution in [3.8, 4) is 6.07 Å². The predicted molar refractivity (Wildman–Crippen MR) is 71.8 cm³/mol. The molecule has 0 saturated heterocycles. The highest BCUT2D eigenvalue weighted by atomic mass is 16.5. The second-order valence-electron chi connectivity index (χ2n) is 4.49. The summed E-state index contributed by atoms with van der Waals surface area (Å²) in [5, 5.41) is 9.31. The third-order valence-electron chi connectivity index (χ3n) is 3.07. The molecule has 0 spiro atoms. The lowest BCUT2D eigenvalue weighted by atomic mass is 9.99. The number of allylic oxidation sites excluding steroid dienone is 2. The van der Waals surface area contributed by atoms with E-state index >= 15 is 0 Å². The van der Waals surface area contributed by atoms with Crippen LogP contribution in [0.25, 0.3) is 0 Å². The summed E-state index contributed by atoms with van der Waals surface area (Å²) in [5.41, 5.74) is 1.69. The summed E-state index contributed by atoms with van der Waals surface area (Å²) in [6, 6.07) is 12.2. The van der Waals surface area contributed by atoms with Crippen molar-refractivity contribution in [2.45, 2.75) is 26.5 Å². The minimum absolute atomic E-state index is 0.0490. The predicted octanol–water partition coefficient (Wildman–Crippen LogP) is 3.30. The Morgan fingerprint density at radius 2 is 2.11 bits per heavy atom. The van der Waals surface area contributed by atoms with Crippen LogP contribution in [0.3, 0.4) is 0 Å². The van der Waals surface area contributed by atoms with Crippen LogP contribution in [0, 0.1) is 17.2 Å². The van der Waals surface area contributed by atoms with Crippen molar-refractivity contribution < 1.29 is 4.74 Å². The van der Waals surface area contributed by atoms with Crippen LogP contribution in [0.4, 0.5) is 5.69 Å². The van der Waals surface area contributed by atoms with Gasteiger partial charge in [-0.15, -0.1) is 0 Å². The molecule has 2 atom stereocenters. The van der Waals surface area contributed by atoms with Crippen LogP contribution in [-0.2, 0) is 4.74 Å². The molecule has 3 heteroatoms. The zero-order valence-electron chi connectivity index (χ0n) is 10.8. The Kier molecular flexibility index (Phi) is 4.01. The molecule has 0 radical (unpaired) electrons. The molecule has 1 aromatic rings. The van der Waals surface area contributed by atoms with Crippen LogP contribution in [0.5, 0.6) is 0 Å². The Bertz CT molecular complexity index is 461. The number of para-hydroxylation sites is 1. The molecule has 1 aliphatic heterocycles. The normalized spacial score (nSPS) is 23.4. The van der Waals surface area contributed by atoms with E-state index < -0.39 is 0 Å². The van der Waals surface area contributed by atoms with Gasteiger partial charge in [-0.3, -0.25) is 0 Å². The van der Waals surface area contributed by atoms with Gasteiger partial charge in [-0.05, 0) is 37.5 Å². The molecule has 94 valence electrons. The van der Waals surface area contributed by atoms with Gasteiger partial charge in [0.1, 0.15) is 18.0 Å². The zero-order chi connectivity index (χ0) is 13.0. The molecule has 1 aliphatic rings. The van der Waals surface area contributed by atoms with Crippen LogP contribution < -0.4 is 4.90 Å². The van der Waals surface area contributed by atoms with E-state index in [9.17, 15) is 5.26 Å². The number of nitriles is 1. The summed E-state index contributed by atoms with van der Waals surface area (Å²) in [7, 11) is 0. The van der Waals surface area contributed by atoms with Crippen LogP contribution in [-0.4, -0.2) is 12.8 Å². The second kappa shape index (κ2) is 5.70. The summed E-state index contributed by atoms with van der Waals surface area (Å²) < 4.78 is 5.79. The van der Waals surface area contributed by atoms with E-state index in [0.717, 1.165) is 12.1 Å². The molecule has 3 nitrogen and oxygen atoms in total. The molecule has 0 saturated carbocycles. The topological polar surface area (TPSA) is 36.3 Å². The van der Waals surface area contributed by atoms with Crippen LogP contribution in [0.15, 0.2) is 42.1 Å². The smallest absolute Gasteiger partial charge is 0.135 e. The first-order valence-electron chi connectivity index (χ1n) is 6.34. The fourth-order valence-electron chi connectivity index (χ4n) is 2.32. The van der Waals surface area contributed by atoms with Crippen LogP contribution in [0.1, 0.15) is 20.3 Å². The maximum atomic E-state index is 9.31. The molecule has 0 amide bonds. The van der Waals surface area contributed by atoms with Crippen molar-refractivity contribution in [2.75, 3.05) is 11.5 Å². The lowest BCUT2D eigenvalue weighted by Gasteiger charge is -2.37. The third kappa shape index (κ3) is 2.55. The van der Waals surface area contributed by atoms with Gasteiger partial charge in [0.05, 0.1) is 0 Å². The third-order valence-corrected chi connectivity index (χ3v) is 3.07. The van der Waals surface area contributed by atoms with Crippen molar-refractivity contribution in [3.63, 3.8) is 0 Å². The summed E-state index contributed by atoms with van der Waals surface area (Å²) in [6.45, 7) is 4.75. The van der Waals surface area contributed by atoms with Crippen LogP contribution >= 0.6 is 0 Å². The monoisotopic (exact) mass is 242 g/mol. The fraction of sp³-hybridized carbons (Fsp3) is 0.400. The molecule has 0 fully saturated rings. The van der Waals surface area contributed by atoms with Gasteiger partial charge in [-0.25, -0.2) is 0 Å². The van der Waals surface area contributed by atoms with Crippen molar-refractivity contribution in [2.24, 2.45) is 5.92 Å². The van der Waals surface area contributed by atoms with Crippen LogP contribution in [0.2, 0.25) is 0 Å². The van der Waals surface area contributed by atoms with Crippen molar-refractivity contribution in [3.05, 3.63) is 42.1 Å². The molecular formula is C15H18N2O. The average molecular weight is 242 g/mol. The first kappa shape index (κ1) is 12.7. The van der Waals surface area contributed by atoms with Gasteiger partial charge >= 0.3 is 0 Å². The van der Waals surface area contributed by atoms with Crippen molar-refractivity contribution >= 4 is 5.69 Å². The van der Waals surface area contributed by atoms with E-state index in [1.165, 1.54) is 0 Å². The number of nitrogens with zero attached hydrogens (tertiary/aromatic N) is 2. The highest BCUT2D eigenvalue weighted by molar-refractivity contribution is 5.57. The minimum Gasteiger partial charge on any atom is -0.358 e. The van der Waals surface area contributed by atoms with E-state index in [1.54, 1.807) is 0 Å². The number of hydrogen-bond acceptors (Lipinski definition) is 3. The van der Waals surface area contributed by atoms with Crippen molar-refractivity contribution in [1.29, 1.82) is 5.26 Å². The van der Waals surface area contributed by atoms with Gasteiger partial charge in [-0.1, -0.05) is 25.1 Å². The quantitative estimate of drug-likeness (QED) is 0.816. The van der Waals surface area contributed by atoms with Gasteiger partial charge in [0.15, 0.2) is 0 Å². The highest BCUT2D eigenvalue weighted by Crippen LogP contribution is 2.31. The number of ether oxygens (including phenoxy) is 1. The molecule has 0 unspecified atom stereocenters. The van der Waals surface area contributed by atoms with Gasteiger partial charge in [-0.2, -0.15) is 5.26 Å². The Morgan fingerprint density at radius 3 is 2.72 bits per heavy atom. The van der Waals surface area contributed by atoms with Crippen molar-refractivity contribution in [1.82, 2.24) is 0 Å². The Labute approximate surface area is 108 Å². The van der Waals surface area contributed by atoms with Gasteiger partial charge < -0.3 is 9.64 Å². The highest BCUT2D eigenvalue weighted by Gasteiger charge is 2.28. The fourth-order valence-corrected chi connectivity index (χ4v) is 2.32. The zero-order valence-corrected chi connectivity index (χ0v) is 10.8. The van der Waals surface area contributed by atoms with E-state index in [1.807, 2.05) is 48.2 Å². The summed E-state index contributed by atoms with van der Waals surface area (Å²) in [4.78, 5) is 1.99. The Balaban J connectivity index is 2.38. The summed E-state index contributed by atoms with van der Waals surface area (Å²) in [5.74, 6) is 0.371. The summed E-state index contributed by atoms with van der Waals surface area (Å²) >= 11 is 0. The lowest BCUT2D eigenvalue weighted by Crippen LogP contribution is -2.40. The SMILES string of the molecule is CCO[C@H]1C[C@@H](C)C=C(C#N)N1c1ccccc1. The molecule has 0 N–H and O–H groups in total. The number of anilines is 1. The van der Waals surface area contributed by atoms with E-state index in [2.05, 4.69) is 13.0 Å². The standard InChI is InChI=1S/C15H18N2O/c1-3-18-15-10-12(2)9-14(11-16)17(15)13-7-5-4-6-8-13/h4-9,12,15H,3,10H2,1-2H3/t12-,15-/m0/s1. The maximum Gasteiger partial charge on any atom is 0.135 e. The first-order valence-corrected chi connectivity index (χ1v) is 6.34. The molecule has 1 aromatic carbocycles. The average Bonchev–Trinajstić information content (AvgIpc) is 2.39.